The molecule has 0 amide bonds. The van der Waals surface area contributed by atoms with Gasteiger partial charge in [0.25, 0.3) is 0 Å². The summed E-state index contributed by atoms with van der Waals surface area (Å²) in [6.07, 6.45) is 0. The highest BCUT2D eigenvalue weighted by molar-refractivity contribution is 6.33. The topological polar surface area (TPSA) is 4.93 Å². The van der Waals surface area contributed by atoms with Crippen LogP contribution in [-0.2, 0) is 0 Å². The molecule has 2 heteroatoms. The van der Waals surface area contributed by atoms with E-state index >= 15 is 0 Å². The summed E-state index contributed by atoms with van der Waals surface area (Å²) in [6, 6.07) is 38.3. The van der Waals surface area contributed by atoms with Gasteiger partial charge < -0.3 is 4.57 Å². The largest absolute Gasteiger partial charge is 0.309 e. The van der Waals surface area contributed by atoms with Crippen molar-refractivity contribution in [2.75, 3.05) is 0 Å². The van der Waals surface area contributed by atoms with Crippen LogP contribution in [0.5, 0.6) is 0 Å². The second kappa shape index (κ2) is 6.76. The Morgan fingerprint density at radius 2 is 1.17 bits per heavy atom. The molecule has 0 N–H and O–H groups in total. The minimum absolute atomic E-state index is 0.760. The summed E-state index contributed by atoms with van der Waals surface area (Å²) in [5, 5.41) is 5.85. The van der Waals surface area contributed by atoms with Crippen LogP contribution in [0.25, 0.3) is 49.4 Å². The molecule has 0 saturated carbocycles. The van der Waals surface area contributed by atoms with Gasteiger partial charge in [-0.3, -0.25) is 0 Å². The molecule has 0 atom stereocenters. The fraction of sp³-hybridized carbons (Fsp3) is 0. The highest BCUT2D eigenvalue weighted by Gasteiger charge is 2.17. The van der Waals surface area contributed by atoms with Crippen LogP contribution < -0.4 is 0 Å². The average molecular weight is 404 g/mol. The van der Waals surface area contributed by atoms with Crippen LogP contribution in [0.15, 0.2) is 109 Å². The van der Waals surface area contributed by atoms with Crippen molar-refractivity contribution in [1.82, 2.24) is 4.57 Å². The summed E-state index contributed by atoms with van der Waals surface area (Å²) in [6.45, 7) is 0. The quantitative estimate of drug-likeness (QED) is 0.274. The van der Waals surface area contributed by atoms with E-state index in [2.05, 4.69) is 95.6 Å². The van der Waals surface area contributed by atoms with E-state index in [1.807, 2.05) is 18.2 Å². The molecular formula is C28H18ClN. The lowest BCUT2D eigenvalue weighted by molar-refractivity contribution is 1.18. The van der Waals surface area contributed by atoms with Gasteiger partial charge in [-0.2, -0.15) is 0 Å². The van der Waals surface area contributed by atoms with Crippen molar-refractivity contribution >= 4 is 44.2 Å². The first-order chi connectivity index (χ1) is 14.8. The molecular weight excluding hydrogens is 386 g/mol. The van der Waals surface area contributed by atoms with Gasteiger partial charge in [0.05, 0.1) is 16.7 Å². The molecule has 6 aromatic rings. The molecule has 0 spiro atoms. The number of hydrogen-bond donors (Lipinski definition) is 0. The van der Waals surface area contributed by atoms with Gasteiger partial charge in [0.15, 0.2) is 0 Å². The molecule has 0 aliphatic rings. The maximum Gasteiger partial charge on any atom is 0.0547 e. The third kappa shape index (κ3) is 2.49. The lowest BCUT2D eigenvalue weighted by Gasteiger charge is -2.15. The van der Waals surface area contributed by atoms with E-state index in [1.165, 1.54) is 32.6 Å². The molecule has 1 aromatic heterocycles. The van der Waals surface area contributed by atoms with Gasteiger partial charge in [0, 0.05) is 26.9 Å². The van der Waals surface area contributed by atoms with E-state index in [9.17, 15) is 0 Å². The van der Waals surface area contributed by atoms with Crippen molar-refractivity contribution in [1.29, 1.82) is 0 Å². The second-order valence-corrected chi connectivity index (χ2v) is 7.94. The van der Waals surface area contributed by atoms with Gasteiger partial charge in [-0.05, 0) is 35.0 Å². The number of aromatic nitrogens is 1. The molecule has 0 aliphatic heterocycles. The average Bonchev–Trinajstić information content (AvgIpc) is 3.14. The summed E-state index contributed by atoms with van der Waals surface area (Å²) in [5.41, 5.74) is 5.70. The number of hydrogen-bond acceptors (Lipinski definition) is 0. The highest BCUT2D eigenvalue weighted by atomic mass is 35.5. The molecule has 142 valence electrons. The highest BCUT2D eigenvalue weighted by Crippen LogP contribution is 2.40. The molecule has 0 unspecified atom stereocenters. The molecule has 1 heterocycles. The Morgan fingerprint density at radius 3 is 2.03 bits per heavy atom. The minimum atomic E-state index is 0.760. The van der Waals surface area contributed by atoms with E-state index < -0.39 is 0 Å². The number of nitrogens with zero attached hydrogens (tertiary/aromatic N) is 1. The van der Waals surface area contributed by atoms with E-state index in [0.717, 1.165) is 21.8 Å². The Kier molecular flexibility index (Phi) is 3.90. The third-order valence-corrected chi connectivity index (χ3v) is 6.20. The van der Waals surface area contributed by atoms with Crippen molar-refractivity contribution < 1.29 is 0 Å². The SMILES string of the molecule is Clc1ccccc1-c1ccccc1-n1c2ccccc2c2c3ccccc3ccc21. The van der Waals surface area contributed by atoms with Crippen molar-refractivity contribution in [2.45, 2.75) is 0 Å². The zero-order valence-corrected chi connectivity index (χ0v) is 17.0. The zero-order chi connectivity index (χ0) is 20.1. The fourth-order valence-corrected chi connectivity index (χ4v) is 4.81. The molecule has 0 aliphatic carbocycles. The monoisotopic (exact) mass is 403 g/mol. The van der Waals surface area contributed by atoms with Crippen LogP contribution in [0.2, 0.25) is 5.02 Å². The van der Waals surface area contributed by atoms with Gasteiger partial charge in [-0.25, -0.2) is 0 Å². The van der Waals surface area contributed by atoms with Crippen LogP contribution in [0.4, 0.5) is 0 Å². The first-order valence-corrected chi connectivity index (χ1v) is 10.5. The summed E-state index contributed by atoms with van der Waals surface area (Å²) in [7, 11) is 0. The van der Waals surface area contributed by atoms with Gasteiger partial charge in [0.1, 0.15) is 0 Å². The number of fused-ring (bicyclic) bond motifs is 5. The van der Waals surface area contributed by atoms with Crippen LogP contribution in [0, 0.1) is 0 Å². The van der Waals surface area contributed by atoms with Crippen molar-refractivity contribution in [2.24, 2.45) is 0 Å². The first kappa shape index (κ1) is 17.3. The Morgan fingerprint density at radius 1 is 0.500 bits per heavy atom. The Balaban J connectivity index is 1.79. The predicted octanol–water partition coefficient (Wildman–Crippen LogP) is 8.26. The summed E-state index contributed by atoms with van der Waals surface area (Å²) in [4.78, 5) is 0. The van der Waals surface area contributed by atoms with Gasteiger partial charge in [-0.1, -0.05) is 96.5 Å². The maximum atomic E-state index is 6.60. The summed E-state index contributed by atoms with van der Waals surface area (Å²) in [5.74, 6) is 0. The maximum absolute atomic E-state index is 6.60. The van der Waals surface area contributed by atoms with Crippen LogP contribution in [0.3, 0.4) is 0 Å². The molecule has 0 saturated heterocycles. The molecule has 30 heavy (non-hydrogen) atoms. The molecule has 1 nitrogen and oxygen atoms in total. The zero-order valence-electron chi connectivity index (χ0n) is 16.2. The Hall–Kier alpha value is -3.55. The normalized spacial score (nSPS) is 11.5. The Bertz CT molecular complexity index is 1560. The van der Waals surface area contributed by atoms with Crippen LogP contribution in [0.1, 0.15) is 0 Å². The molecule has 0 fully saturated rings. The van der Waals surface area contributed by atoms with Gasteiger partial charge >= 0.3 is 0 Å². The minimum Gasteiger partial charge on any atom is -0.309 e. The standard InChI is InChI=1S/C28H18ClN/c29-24-14-6-3-11-21(24)22-12-4-7-15-25(22)30-26-16-8-5-13-23(26)28-20-10-2-1-9-19(20)17-18-27(28)30/h1-18H. The van der Waals surface area contributed by atoms with Crippen LogP contribution >= 0.6 is 11.6 Å². The summed E-state index contributed by atoms with van der Waals surface area (Å²) < 4.78 is 2.37. The lowest BCUT2D eigenvalue weighted by Crippen LogP contribution is -1.97. The summed E-state index contributed by atoms with van der Waals surface area (Å²) >= 11 is 6.60. The molecule has 6 rings (SSSR count). The number of halogens is 1. The van der Waals surface area contributed by atoms with E-state index in [1.54, 1.807) is 0 Å². The van der Waals surface area contributed by atoms with Crippen molar-refractivity contribution in [3.8, 4) is 16.8 Å². The van der Waals surface area contributed by atoms with Crippen molar-refractivity contribution in [3.63, 3.8) is 0 Å². The lowest BCUT2D eigenvalue weighted by atomic mass is 10.0. The smallest absolute Gasteiger partial charge is 0.0547 e. The number of benzene rings is 5. The molecule has 0 bridgehead atoms. The van der Waals surface area contributed by atoms with E-state index in [0.29, 0.717) is 0 Å². The molecule has 5 aromatic carbocycles. The Labute approximate surface area is 179 Å². The van der Waals surface area contributed by atoms with Crippen LogP contribution in [-0.4, -0.2) is 4.57 Å². The molecule has 0 radical (unpaired) electrons. The third-order valence-electron chi connectivity index (χ3n) is 5.87. The van der Waals surface area contributed by atoms with Gasteiger partial charge in [-0.15, -0.1) is 0 Å². The van der Waals surface area contributed by atoms with E-state index in [4.69, 9.17) is 11.6 Å². The first-order valence-electron chi connectivity index (χ1n) is 10.1. The number of para-hydroxylation sites is 2. The van der Waals surface area contributed by atoms with E-state index in [-0.39, 0.29) is 0 Å². The van der Waals surface area contributed by atoms with Gasteiger partial charge in [0.2, 0.25) is 0 Å². The number of rotatable bonds is 2. The fourth-order valence-electron chi connectivity index (χ4n) is 4.57. The second-order valence-electron chi connectivity index (χ2n) is 7.53. The predicted molar refractivity (Wildman–Crippen MR) is 129 cm³/mol. The van der Waals surface area contributed by atoms with Crippen molar-refractivity contribution in [3.05, 3.63) is 114 Å².